The van der Waals surface area contributed by atoms with E-state index >= 15 is 0 Å². The number of nitrogens with one attached hydrogen (secondary N) is 2. The Balaban J connectivity index is 1.69. The van der Waals surface area contributed by atoms with Gasteiger partial charge in [0.05, 0.1) is 23.0 Å². The monoisotopic (exact) mass is 372 g/mol. The van der Waals surface area contributed by atoms with E-state index < -0.39 is 0 Å². The highest BCUT2D eigenvalue weighted by Gasteiger charge is 2.16. The van der Waals surface area contributed by atoms with Crippen LogP contribution < -0.4 is 10.2 Å². The zero-order chi connectivity index (χ0) is 19.7. The number of imidazole rings is 1. The molecule has 4 rings (SSSR count). The molecule has 4 aromatic rings. The third-order valence-electron chi connectivity index (χ3n) is 4.58. The number of rotatable bonds is 4. The van der Waals surface area contributed by atoms with Gasteiger partial charge in [-0.05, 0) is 48.9 Å². The van der Waals surface area contributed by atoms with Gasteiger partial charge in [0, 0.05) is 37.7 Å². The number of aromatic nitrogens is 4. The Morgan fingerprint density at radius 2 is 1.86 bits per heavy atom. The zero-order valence-corrected chi connectivity index (χ0v) is 15.9. The van der Waals surface area contributed by atoms with E-state index in [0.717, 1.165) is 16.8 Å². The van der Waals surface area contributed by atoms with Crippen molar-refractivity contribution >= 4 is 28.4 Å². The van der Waals surface area contributed by atoms with E-state index in [-0.39, 0.29) is 5.91 Å². The number of carbonyl (C=O) groups excluding carboxylic acids is 1. The lowest BCUT2D eigenvalue weighted by Crippen LogP contribution is -2.13. The number of carbonyl (C=O) groups is 1. The molecule has 0 spiro atoms. The van der Waals surface area contributed by atoms with E-state index in [1.165, 1.54) is 0 Å². The second-order valence-electron chi connectivity index (χ2n) is 6.73. The predicted octanol–water partition coefficient (Wildman–Crippen LogP) is 3.65. The highest BCUT2D eigenvalue weighted by Crippen LogP contribution is 2.24. The average molecular weight is 372 g/mol. The molecule has 1 amide bonds. The molecular weight excluding hydrogens is 352 g/mol. The maximum Gasteiger partial charge on any atom is 0.258 e. The third kappa shape index (κ3) is 3.29. The number of aryl methyl sites for hydroxylation is 1. The Labute approximate surface area is 162 Å². The molecule has 3 heterocycles. The minimum Gasteiger partial charge on any atom is -0.378 e. The lowest BCUT2D eigenvalue weighted by molar-refractivity contribution is 0.102. The zero-order valence-electron chi connectivity index (χ0n) is 15.9. The van der Waals surface area contributed by atoms with Gasteiger partial charge in [-0.15, -0.1) is 0 Å². The molecule has 7 nitrogen and oxygen atoms in total. The average Bonchev–Trinajstić information content (AvgIpc) is 3.14. The number of aromatic amines is 1. The van der Waals surface area contributed by atoms with Crippen molar-refractivity contribution in [3.05, 3.63) is 66.1 Å². The van der Waals surface area contributed by atoms with E-state index in [9.17, 15) is 4.79 Å². The first-order valence-electron chi connectivity index (χ1n) is 8.87. The molecule has 0 aliphatic heterocycles. The van der Waals surface area contributed by atoms with Crippen LogP contribution in [0.2, 0.25) is 0 Å². The van der Waals surface area contributed by atoms with Gasteiger partial charge in [0.25, 0.3) is 5.91 Å². The van der Waals surface area contributed by atoms with Crippen molar-refractivity contribution in [2.75, 3.05) is 24.3 Å². The molecule has 0 fully saturated rings. The molecule has 0 aliphatic carbocycles. The summed E-state index contributed by atoms with van der Waals surface area (Å²) in [7, 11) is 3.99. The number of nitrogens with zero attached hydrogens (tertiary/aromatic N) is 4. The van der Waals surface area contributed by atoms with Crippen LogP contribution in [0.15, 0.2) is 55.0 Å². The normalized spacial score (nSPS) is 10.8. The summed E-state index contributed by atoms with van der Waals surface area (Å²) >= 11 is 0. The summed E-state index contributed by atoms with van der Waals surface area (Å²) in [6.45, 7) is 1.92. The van der Waals surface area contributed by atoms with Crippen molar-refractivity contribution < 1.29 is 4.79 Å². The number of anilines is 2. The molecule has 2 N–H and O–H groups in total. The molecule has 28 heavy (non-hydrogen) atoms. The number of hydrogen-bond acceptors (Lipinski definition) is 5. The van der Waals surface area contributed by atoms with E-state index in [1.807, 2.05) is 56.3 Å². The van der Waals surface area contributed by atoms with Gasteiger partial charge in [0.2, 0.25) is 0 Å². The van der Waals surface area contributed by atoms with Crippen LogP contribution >= 0.6 is 0 Å². The first kappa shape index (κ1) is 17.7. The standard InChI is InChI=1S/C21H20N6O/c1-13-8-10-22-12-17(13)24-21(28)16-9-11-23-20-18(16)25-19(26-20)14-4-6-15(7-5-14)27(2)3/h4-12H,1-3H3,(H,24,28)(H,23,25,26). The van der Waals surface area contributed by atoms with Gasteiger partial charge < -0.3 is 15.2 Å². The van der Waals surface area contributed by atoms with E-state index in [1.54, 1.807) is 24.7 Å². The summed E-state index contributed by atoms with van der Waals surface area (Å²) < 4.78 is 0. The van der Waals surface area contributed by atoms with Crippen LogP contribution in [-0.4, -0.2) is 39.9 Å². The van der Waals surface area contributed by atoms with E-state index in [0.29, 0.717) is 28.2 Å². The van der Waals surface area contributed by atoms with Crippen LogP contribution in [0.1, 0.15) is 15.9 Å². The summed E-state index contributed by atoms with van der Waals surface area (Å²) in [4.78, 5) is 31.0. The largest absolute Gasteiger partial charge is 0.378 e. The second-order valence-corrected chi connectivity index (χ2v) is 6.73. The Morgan fingerprint density at radius 3 is 2.57 bits per heavy atom. The Morgan fingerprint density at radius 1 is 1.07 bits per heavy atom. The van der Waals surface area contributed by atoms with Gasteiger partial charge in [0.1, 0.15) is 5.82 Å². The molecule has 140 valence electrons. The number of amides is 1. The molecule has 0 saturated heterocycles. The van der Waals surface area contributed by atoms with Gasteiger partial charge in [0.15, 0.2) is 5.65 Å². The molecule has 0 unspecified atom stereocenters. The molecule has 0 saturated carbocycles. The fraction of sp³-hybridized carbons (Fsp3) is 0.143. The molecule has 0 radical (unpaired) electrons. The van der Waals surface area contributed by atoms with Crippen molar-refractivity contribution in [2.24, 2.45) is 0 Å². The van der Waals surface area contributed by atoms with Crippen LogP contribution in [0, 0.1) is 6.92 Å². The number of pyridine rings is 2. The first-order chi connectivity index (χ1) is 13.5. The minimum atomic E-state index is -0.235. The Hall–Kier alpha value is -3.74. The Bertz CT molecular complexity index is 1150. The smallest absolute Gasteiger partial charge is 0.258 e. The van der Waals surface area contributed by atoms with Crippen molar-refractivity contribution in [1.82, 2.24) is 19.9 Å². The van der Waals surface area contributed by atoms with E-state index in [2.05, 4.69) is 25.3 Å². The van der Waals surface area contributed by atoms with Crippen LogP contribution in [0.3, 0.4) is 0 Å². The molecule has 3 aromatic heterocycles. The van der Waals surface area contributed by atoms with Gasteiger partial charge >= 0.3 is 0 Å². The molecule has 1 aromatic carbocycles. The minimum absolute atomic E-state index is 0.235. The first-order valence-corrected chi connectivity index (χ1v) is 8.87. The topological polar surface area (TPSA) is 86.8 Å². The summed E-state index contributed by atoms with van der Waals surface area (Å²) in [5, 5.41) is 2.91. The molecule has 0 bridgehead atoms. The van der Waals surface area contributed by atoms with E-state index in [4.69, 9.17) is 0 Å². The molecular formula is C21H20N6O. The van der Waals surface area contributed by atoms with Crippen LogP contribution in [0.4, 0.5) is 11.4 Å². The number of benzene rings is 1. The third-order valence-corrected chi connectivity index (χ3v) is 4.58. The van der Waals surface area contributed by atoms with Crippen molar-refractivity contribution in [1.29, 1.82) is 0 Å². The fourth-order valence-electron chi connectivity index (χ4n) is 2.94. The maximum atomic E-state index is 12.8. The summed E-state index contributed by atoms with van der Waals surface area (Å²) in [5.74, 6) is 0.437. The highest BCUT2D eigenvalue weighted by molar-refractivity contribution is 6.11. The summed E-state index contributed by atoms with van der Waals surface area (Å²) in [6.07, 6.45) is 4.92. The maximum absolute atomic E-state index is 12.8. The fourth-order valence-corrected chi connectivity index (χ4v) is 2.94. The van der Waals surface area contributed by atoms with Crippen LogP contribution in [0.5, 0.6) is 0 Å². The summed E-state index contributed by atoms with van der Waals surface area (Å²) in [6, 6.07) is 11.6. The van der Waals surface area contributed by atoms with Gasteiger partial charge in [-0.25, -0.2) is 9.97 Å². The number of hydrogen-bond donors (Lipinski definition) is 2. The van der Waals surface area contributed by atoms with Crippen LogP contribution in [-0.2, 0) is 0 Å². The molecule has 7 heteroatoms. The second kappa shape index (κ2) is 7.11. The van der Waals surface area contributed by atoms with Gasteiger partial charge in [-0.1, -0.05) is 0 Å². The molecule has 0 atom stereocenters. The number of H-pyrrole nitrogens is 1. The quantitative estimate of drug-likeness (QED) is 0.571. The lowest BCUT2D eigenvalue weighted by Gasteiger charge is -2.12. The number of fused-ring (bicyclic) bond motifs is 1. The van der Waals surface area contributed by atoms with Crippen molar-refractivity contribution in [2.45, 2.75) is 6.92 Å². The Kier molecular flexibility index (Phi) is 4.49. The van der Waals surface area contributed by atoms with Crippen molar-refractivity contribution in [3.8, 4) is 11.4 Å². The van der Waals surface area contributed by atoms with Gasteiger partial charge in [-0.3, -0.25) is 9.78 Å². The SMILES string of the molecule is Cc1ccncc1NC(=O)c1ccnc2nc(-c3ccc(N(C)C)cc3)[nH]c12. The molecule has 0 aliphatic rings. The lowest BCUT2D eigenvalue weighted by atomic mass is 10.2. The van der Waals surface area contributed by atoms with Gasteiger partial charge in [-0.2, -0.15) is 0 Å². The predicted molar refractivity (Wildman–Crippen MR) is 111 cm³/mol. The van der Waals surface area contributed by atoms with Crippen LogP contribution in [0.25, 0.3) is 22.6 Å². The summed E-state index contributed by atoms with van der Waals surface area (Å²) in [5.41, 5.74) is 5.24. The highest BCUT2D eigenvalue weighted by atomic mass is 16.1. The van der Waals surface area contributed by atoms with Crippen molar-refractivity contribution in [3.63, 3.8) is 0 Å².